The van der Waals surface area contributed by atoms with E-state index in [1.165, 1.54) is 23.5 Å². The molecule has 1 aromatic carbocycles. The van der Waals surface area contributed by atoms with Crippen LogP contribution in [0.1, 0.15) is 37.2 Å². The monoisotopic (exact) mass is 373 g/mol. The summed E-state index contributed by atoms with van der Waals surface area (Å²) in [4.78, 5) is 18.0. The summed E-state index contributed by atoms with van der Waals surface area (Å²) in [6.07, 6.45) is 3.37. The molecule has 1 saturated heterocycles. The van der Waals surface area contributed by atoms with Crippen LogP contribution in [0.15, 0.2) is 35.8 Å². The third-order valence-corrected chi connectivity index (χ3v) is 5.43. The third kappa shape index (κ3) is 3.37. The van der Waals surface area contributed by atoms with E-state index in [1.54, 1.807) is 28.1 Å². The normalized spacial score (nSPS) is 19.6. The minimum absolute atomic E-state index is 0.0902. The first kappa shape index (κ1) is 17.2. The summed E-state index contributed by atoms with van der Waals surface area (Å²) >= 11 is 1.40. The number of nitrogens with zero attached hydrogens (tertiary/aromatic N) is 2. The van der Waals surface area contributed by atoms with E-state index in [0.717, 1.165) is 12.8 Å². The SMILES string of the molecule is CC1(C)C[C@H](NC(=O)c2csc3nc(-c4cccc(F)c4)cn23)CCO1. The summed E-state index contributed by atoms with van der Waals surface area (Å²) in [5, 5.41) is 4.91. The number of hydrogen-bond acceptors (Lipinski definition) is 4. The Balaban J connectivity index is 1.58. The van der Waals surface area contributed by atoms with Gasteiger partial charge in [-0.2, -0.15) is 0 Å². The van der Waals surface area contributed by atoms with Gasteiger partial charge in [-0.1, -0.05) is 12.1 Å². The van der Waals surface area contributed by atoms with Crippen molar-refractivity contribution >= 4 is 22.2 Å². The second-order valence-electron chi connectivity index (χ2n) is 7.18. The number of amides is 1. The maximum Gasteiger partial charge on any atom is 0.269 e. The summed E-state index contributed by atoms with van der Waals surface area (Å²) in [7, 11) is 0. The van der Waals surface area contributed by atoms with Gasteiger partial charge < -0.3 is 10.1 Å². The molecule has 2 aromatic heterocycles. The molecule has 1 aliphatic heterocycles. The molecule has 7 heteroatoms. The Morgan fingerprint density at radius 3 is 3.08 bits per heavy atom. The minimum atomic E-state index is -0.307. The van der Waals surface area contributed by atoms with Crippen LogP contribution >= 0.6 is 11.3 Å². The number of carbonyl (C=O) groups is 1. The number of imidazole rings is 1. The first-order chi connectivity index (χ1) is 12.4. The molecular formula is C19H20FN3O2S. The van der Waals surface area contributed by atoms with Crippen LogP contribution < -0.4 is 5.32 Å². The predicted octanol–water partition coefficient (Wildman–Crippen LogP) is 3.89. The molecule has 0 aliphatic carbocycles. The van der Waals surface area contributed by atoms with Crippen molar-refractivity contribution in [1.29, 1.82) is 0 Å². The second-order valence-corrected chi connectivity index (χ2v) is 8.02. The van der Waals surface area contributed by atoms with Crippen molar-refractivity contribution in [1.82, 2.24) is 14.7 Å². The van der Waals surface area contributed by atoms with Gasteiger partial charge >= 0.3 is 0 Å². The Bertz CT molecular complexity index is 963. The lowest BCUT2D eigenvalue weighted by Crippen LogP contribution is -2.46. The Hall–Kier alpha value is -2.25. The standard InChI is InChI=1S/C19H20FN3O2S/c1-19(2)9-14(6-7-25-19)21-17(24)16-11-26-18-22-15(10-23(16)18)12-4-3-5-13(20)8-12/h3-5,8,10-11,14H,6-7,9H2,1-2H3,(H,21,24)/t14-/m1/s1. The van der Waals surface area contributed by atoms with E-state index in [-0.39, 0.29) is 23.4 Å². The fourth-order valence-corrected chi connectivity index (χ4v) is 4.20. The first-order valence-electron chi connectivity index (χ1n) is 8.59. The predicted molar refractivity (Wildman–Crippen MR) is 99.0 cm³/mol. The van der Waals surface area contributed by atoms with Crippen molar-refractivity contribution < 1.29 is 13.9 Å². The maximum absolute atomic E-state index is 13.5. The highest BCUT2D eigenvalue weighted by atomic mass is 32.1. The molecule has 3 heterocycles. The van der Waals surface area contributed by atoms with Crippen molar-refractivity contribution in [3.8, 4) is 11.3 Å². The quantitative estimate of drug-likeness (QED) is 0.758. The average molecular weight is 373 g/mol. The molecule has 3 aromatic rings. The molecule has 1 N–H and O–H groups in total. The Morgan fingerprint density at radius 2 is 2.31 bits per heavy atom. The number of thiazole rings is 1. The zero-order valence-electron chi connectivity index (χ0n) is 14.7. The van der Waals surface area contributed by atoms with Gasteiger partial charge in [0.2, 0.25) is 0 Å². The smallest absolute Gasteiger partial charge is 0.269 e. The summed E-state index contributed by atoms with van der Waals surface area (Å²) < 4.78 is 20.9. The Morgan fingerprint density at radius 1 is 1.46 bits per heavy atom. The van der Waals surface area contributed by atoms with Crippen LogP contribution in [0.5, 0.6) is 0 Å². The number of benzene rings is 1. The largest absolute Gasteiger partial charge is 0.375 e. The van der Waals surface area contributed by atoms with Gasteiger partial charge in [-0.05, 0) is 38.8 Å². The van der Waals surface area contributed by atoms with Crippen LogP contribution in [-0.2, 0) is 4.74 Å². The highest BCUT2D eigenvalue weighted by Gasteiger charge is 2.30. The molecule has 5 nitrogen and oxygen atoms in total. The van der Waals surface area contributed by atoms with E-state index in [4.69, 9.17) is 4.74 Å². The van der Waals surface area contributed by atoms with Gasteiger partial charge in [0, 0.05) is 29.8 Å². The van der Waals surface area contributed by atoms with Crippen molar-refractivity contribution in [3.63, 3.8) is 0 Å². The fourth-order valence-electron chi connectivity index (χ4n) is 3.35. The zero-order valence-corrected chi connectivity index (χ0v) is 15.5. The van der Waals surface area contributed by atoms with Crippen molar-refractivity contribution in [2.75, 3.05) is 6.61 Å². The summed E-state index contributed by atoms with van der Waals surface area (Å²) in [6.45, 7) is 4.72. The molecule has 1 atom stereocenters. The highest BCUT2D eigenvalue weighted by molar-refractivity contribution is 7.15. The van der Waals surface area contributed by atoms with Gasteiger partial charge in [0.25, 0.3) is 5.91 Å². The van der Waals surface area contributed by atoms with E-state index in [0.29, 0.717) is 28.5 Å². The van der Waals surface area contributed by atoms with Gasteiger partial charge in [-0.3, -0.25) is 9.20 Å². The topological polar surface area (TPSA) is 55.6 Å². The highest BCUT2D eigenvalue weighted by Crippen LogP contribution is 2.26. The molecule has 0 spiro atoms. The molecule has 1 amide bonds. The molecule has 26 heavy (non-hydrogen) atoms. The number of hydrogen-bond donors (Lipinski definition) is 1. The number of fused-ring (bicyclic) bond motifs is 1. The van der Waals surface area contributed by atoms with Gasteiger partial charge in [0.05, 0.1) is 11.3 Å². The van der Waals surface area contributed by atoms with Gasteiger partial charge in [0.15, 0.2) is 4.96 Å². The molecule has 4 rings (SSSR count). The molecule has 1 aliphatic rings. The molecule has 0 bridgehead atoms. The van der Waals surface area contributed by atoms with E-state index in [2.05, 4.69) is 10.3 Å². The zero-order chi connectivity index (χ0) is 18.3. The number of ether oxygens (including phenoxy) is 1. The van der Waals surface area contributed by atoms with Gasteiger partial charge in [0.1, 0.15) is 11.5 Å². The lowest BCUT2D eigenvalue weighted by Gasteiger charge is -2.35. The van der Waals surface area contributed by atoms with Crippen molar-refractivity contribution in [2.45, 2.75) is 38.3 Å². The number of aromatic nitrogens is 2. The van der Waals surface area contributed by atoms with E-state index < -0.39 is 0 Å². The minimum Gasteiger partial charge on any atom is -0.375 e. The molecule has 136 valence electrons. The second kappa shape index (κ2) is 6.48. The summed E-state index contributed by atoms with van der Waals surface area (Å²) in [5.74, 6) is -0.430. The van der Waals surface area contributed by atoms with Crippen LogP contribution in [0.2, 0.25) is 0 Å². The molecule has 0 radical (unpaired) electrons. The van der Waals surface area contributed by atoms with E-state index in [9.17, 15) is 9.18 Å². The number of halogens is 1. The van der Waals surface area contributed by atoms with Crippen molar-refractivity contribution in [3.05, 3.63) is 47.4 Å². The van der Waals surface area contributed by atoms with Gasteiger partial charge in [-0.25, -0.2) is 9.37 Å². The maximum atomic E-state index is 13.5. The average Bonchev–Trinajstić information content (AvgIpc) is 3.14. The molecule has 1 fully saturated rings. The van der Waals surface area contributed by atoms with Crippen LogP contribution in [-0.4, -0.2) is 33.5 Å². The Kier molecular flexibility index (Phi) is 4.28. The van der Waals surface area contributed by atoms with Gasteiger partial charge in [-0.15, -0.1) is 11.3 Å². The van der Waals surface area contributed by atoms with Crippen molar-refractivity contribution in [2.24, 2.45) is 0 Å². The lowest BCUT2D eigenvalue weighted by atomic mass is 9.94. The Labute approximate surface area is 154 Å². The van der Waals surface area contributed by atoms with E-state index in [1.807, 2.05) is 13.8 Å². The number of rotatable bonds is 3. The summed E-state index contributed by atoms with van der Waals surface area (Å²) in [6, 6.07) is 6.39. The molecular weight excluding hydrogens is 353 g/mol. The summed E-state index contributed by atoms with van der Waals surface area (Å²) in [5.41, 5.74) is 1.67. The first-order valence-corrected chi connectivity index (χ1v) is 9.47. The molecule has 0 saturated carbocycles. The number of carbonyl (C=O) groups excluding carboxylic acids is 1. The van der Waals surface area contributed by atoms with Crippen LogP contribution in [0, 0.1) is 5.82 Å². The molecule has 0 unspecified atom stereocenters. The number of nitrogens with one attached hydrogen (secondary N) is 1. The lowest BCUT2D eigenvalue weighted by molar-refractivity contribution is -0.0615. The fraction of sp³-hybridized carbons (Fsp3) is 0.368. The van der Waals surface area contributed by atoms with Crippen LogP contribution in [0.25, 0.3) is 16.2 Å². The van der Waals surface area contributed by atoms with Crippen LogP contribution in [0.3, 0.4) is 0 Å². The van der Waals surface area contributed by atoms with E-state index >= 15 is 0 Å². The van der Waals surface area contributed by atoms with Crippen LogP contribution in [0.4, 0.5) is 4.39 Å². The third-order valence-electron chi connectivity index (χ3n) is 4.59.